The van der Waals surface area contributed by atoms with Crippen LogP contribution >= 0.6 is 0 Å². The van der Waals surface area contributed by atoms with Crippen molar-refractivity contribution in [3.05, 3.63) is 0 Å². The average molecular weight is 235 g/mol. The van der Waals surface area contributed by atoms with Crippen LogP contribution in [0.25, 0.3) is 0 Å². The van der Waals surface area contributed by atoms with Gasteiger partial charge in [-0.2, -0.15) is 8.78 Å². The second kappa shape index (κ2) is 5.74. The summed E-state index contributed by atoms with van der Waals surface area (Å²) in [6, 6.07) is -0.231. The molecular formula is C9H15F2N3O2. The van der Waals surface area contributed by atoms with Crippen molar-refractivity contribution in [2.45, 2.75) is 25.3 Å². The van der Waals surface area contributed by atoms with Crippen molar-refractivity contribution < 1.29 is 18.4 Å². The van der Waals surface area contributed by atoms with Crippen molar-refractivity contribution in [1.82, 2.24) is 10.2 Å². The smallest absolute Gasteiger partial charge is 0.315 e. The zero-order valence-corrected chi connectivity index (χ0v) is 8.79. The van der Waals surface area contributed by atoms with Gasteiger partial charge in [-0.1, -0.05) is 0 Å². The molecule has 5 nitrogen and oxygen atoms in total. The molecule has 0 atom stereocenters. The standard InChI is InChI=1S/C9H15F2N3O2/c10-8(11)9(16)13-6-1-3-14(4-2-6)5-7(12)15/h6,8H,1-5H2,(H2,12,15)(H,13,16). The van der Waals surface area contributed by atoms with E-state index in [0.29, 0.717) is 25.9 Å². The molecule has 0 unspecified atom stereocenters. The van der Waals surface area contributed by atoms with Gasteiger partial charge in [-0.15, -0.1) is 0 Å². The van der Waals surface area contributed by atoms with E-state index in [0.717, 1.165) is 0 Å². The van der Waals surface area contributed by atoms with Crippen LogP contribution in [0.2, 0.25) is 0 Å². The maximum atomic E-state index is 11.9. The molecule has 16 heavy (non-hydrogen) atoms. The number of nitrogens with two attached hydrogens (primary N) is 1. The molecular weight excluding hydrogens is 220 g/mol. The fourth-order valence-corrected chi connectivity index (χ4v) is 1.72. The molecule has 0 aromatic carbocycles. The van der Waals surface area contributed by atoms with Crippen LogP contribution in [0.1, 0.15) is 12.8 Å². The van der Waals surface area contributed by atoms with E-state index in [1.165, 1.54) is 0 Å². The first-order valence-electron chi connectivity index (χ1n) is 5.08. The predicted octanol–water partition coefficient (Wildman–Crippen LogP) is -0.683. The van der Waals surface area contributed by atoms with Gasteiger partial charge >= 0.3 is 6.43 Å². The number of primary amides is 1. The fraction of sp³-hybridized carbons (Fsp3) is 0.778. The zero-order chi connectivity index (χ0) is 12.1. The Morgan fingerprint density at radius 3 is 2.38 bits per heavy atom. The van der Waals surface area contributed by atoms with E-state index in [-0.39, 0.29) is 12.6 Å². The molecule has 1 aliphatic heterocycles. The van der Waals surface area contributed by atoms with E-state index in [4.69, 9.17) is 5.73 Å². The van der Waals surface area contributed by atoms with Crippen LogP contribution in [0.15, 0.2) is 0 Å². The minimum absolute atomic E-state index is 0.176. The lowest BCUT2D eigenvalue weighted by molar-refractivity contribution is -0.133. The summed E-state index contributed by atoms with van der Waals surface area (Å²) in [7, 11) is 0. The van der Waals surface area contributed by atoms with Gasteiger partial charge in [-0.25, -0.2) is 0 Å². The van der Waals surface area contributed by atoms with E-state index in [9.17, 15) is 18.4 Å². The van der Waals surface area contributed by atoms with Crippen LogP contribution < -0.4 is 11.1 Å². The second-order valence-electron chi connectivity index (χ2n) is 3.83. The topological polar surface area (TPSA) is 75.4 Å². The quantitative estimate of drug-likeness (QED) is 0.677. The molecule has 0 aliphatic carbocycles. The molecule has 3 N–H and O–H groups in total. The Bertz CT molecular complexity index is 265. The van der Waals surface area contributed by atoms with Crippen LogP contribution in [0, 0.1) is 0 Å². The van der Waals surface area contributed by atoms with E-state index in [2.05, 4.69) is 5.32 Å². The predicted molar refractivity (Wildman–Crippen MR) is 52.8 cm³/mol. The molecule has 0 bridgehead atoms. The fourth-order valence-electron chi connectivity index (χ4n) is 1.72. The Labute approximate surface area is 92.0 Å². The number of alkyl halides is 2. The summed E-state index contributed by atoms with van der Waals surface area (Å²) in [5, 5.41) is 2.26. The van der Waals surface area contributed by atoms with Gasteiger partial charge in [0, 0.05) is 19.1 Å². The number of halogens is 2. The Morgan fingerprint density at radius 1 is 1.38 bits per heavy atom. The Morgan fingerprint density at radius 2 is 1.94 bits per heavy atom. The minimum atomic E-state index is -2.97. The van der Waals surface area contributed by atoms with Gasteiger partial charge in [-0.3, -0.25) is 14.5 Å². The number of rotatable bonds is 4. The monoisotopic (exact) mass is 235 g/mol. The highest BCUT2D eigenvalue weighted by Gasteiger charge is 2.24. The first-order valence-corrected chi connectivity index (χ1v) is 5.08. The summed E-state index contributed by atoms with van der Waals surface area (Å²) in [6.45, 7) is 1.34. The number of nitrogens with one attached hydrogen (secondary N) is 1. The molecule has 1 saturated heterocycles. The molecule has 0 spiro atoms. The van der Waals surface area contributed by atoms with Crippen LogP contribution in [-0.4, -0.2) is 48.8 Å². The van der Waals surface area contributed by atoms with Crippen molar-refractivity contribution in [1.29, 1.82) is 0 Å². The van der Waals surface area contributed by atoms with Gasteiger partial charge in [0.05, 0.1) is 6.54 Å². The third-order valence-electron chi connectivity index (χ3n) is 2.51. The van der Waals surface area contributed by atoms with Crippen LogP contribution in [0.5, 0.6) is 0 Å². The highest BCUT2D eigenvalue weighted by atomic mass is 19.3. The maximum Gasteiger partial charge on any atom is 0.315 e. The summed E-state index contributed by atoms with van der Waals surface area (Å²) < 4.78 is 23.9. The number of carbonyl (C=O) groups excluding carboxylic acids is 2. The van der Waals surface area contributed by atoms with Gasteiger partial charge in [0.15, 0.2) is 0 Å². The van der Waals surface area contributed by atoms with Crippen molar-refractivity contribution in [3.8, 4) is 0 Å². The van der Waals surface area contributed by atoms with Crippen LogP contribution in [-0.2, 0) is 9.59 Å². The van der Waals surface area contributed by atoms with Crippen molar-refractivity contribution >= 4 is 11.8 Å². The molecule has 92 valence electrons. The van der Waals surface area contributed by atoms with Crippen molar-refractivity contribution in [2.75, 3.05) is 19.6 Å². The lowest BCUT2D eigenvalue weighted by Crippen LogP contribution is -2.47. The van der Waals surface area contributed by atoms with E-state index in [1.54, 1.807) is 0 Å². The Kier molecular flexibility index (Phi) is 4.60. The summed E-state index contributed by atoms with van der Waals surface area (Å²) in [4.78, 5) is 23.2. The lowest BCUT2D eigenvalue weighted by Gasteiger charge is -2.31. The molecule has 0 radical (unpaired) electrons. The molecule has 0 aromatic rings. The molecule has 1 fully saturated rings. The third kappa shape index (κ3) is 4.09. The molecule has 0 aromatic heterocycles. The number of likely N-dealkylation sites (tertiary alicyclic amines) is 1. The lowest BCUT2D eigenvalue weighted by atomic mass is 10.1. The molecule has 0 saturated carbocycles. The normalized spacial score (nSPS) is 18.7. The third-order valence-corrected chi connectivity index (χ3v) is 2.51. The molecule has 2 amide bonds. The molecule has 7 heteroatoms. The van der Waals surface area contributed by atoms with Crippen molar-refractivity contribution in [2.24, 2.45) is 5.73 Å². The van der Waals surface area contributed by atoms with Crippen molar-refractivity contribution in [3.63, 3.8) is 0 Å². The summed E-state index contributed by atoms with van der Waals surface area (Å²) in [5.74, 6) is -1.64. The van der Waals surface area contributed by atoms with Gasteiger partial charge < -0.3 is 11.1 Å². The van der Waals surface area contributed by atoms with Crippen LogP contribution in [0.3, 0.4) is 0 Å². The number of carbonyl (C=O) groups is 2. The summed E-state index contributed by atoms with van der Waals surface area (Å²) >= 11 is 0. The van der Waals surface area contributed by atoms with Gasteiger partial charge in [0.2, 0.25) is 5.91 Å². The van der Waals surface area contributed by atoms with Gasteiger partial charge in [0.25, 0.3) is 5.91 Å². The Balaban J connectivity index is 2.27. The highest BCUT2D eigenvalue weighted by Crippen LogP contribution is 2.10. The van der Waals surface area contributed by atoms with E-state index >= 15 is 0 Å². The van der Waals surface area contributed by atoms with E-state index in [1.807, 2.05) is 4.90 Å². The Hall–Kier alpha value is -1.24. The first-order chi connectivity index (χ1) is 7.49. The molecule has 1 aliphatic rings. The maximum absolute atomic E-state index is 11.9. The molecule has 1 rings (SSSR count). The van der Waals surface area contributed by atoms with Gasteiger partial charge in [-0.05, 0) is 12.8 Å². The molecule has 1 heterocycles. The summed E-state index contributed by atoms with van der Waals surface area (Å²) in [6.07, 6.45) is -1.85. The number of hydrogen-bond acceptors (Lipinski definition) is 3. The first kappa shape index (κ1) is 12.8. The zero-order valence-electron chi connectivity index (χ0n) is 8.79. The largest absolute Gasteiger partial charge is 0.369 e. The SMILES string of the molecule is NC(=O)CN1CCC(NC(=O)C(F)F)CC1. The average Bonchev–Trinajstić information content (AvgIpc) is 2.20. The van der Waals surface area contributed by atoms with E-state index < -0.39 is 18.2 Å². The van der Waals surface area contributed by atoms with Gasteiger partial charge in [0.1, 0.15) is 0 Å². The number of amides is 2. The summed E-state index contributed by atoms with van der Waals surface area (Å²) in [5.41, 5.74) is 5.03. The van der Waals surface area contributed by atoms with Crippen LogP contribution in [0.4, 0.5) is 8.78 Å². The highest BCUT2D eigenvalue weighted by molar-refractivity contribution is 5.79. The number of piperidine rings is 1. The number of nitrogens with zero attached hydrogens (tertiary/aromatic N) is 1. The minimum Gasteiger partial charge on any atom is -0.369 e. The number of hydrogen-bond donors (Lipinski definition) is 2. The second-order valence-corrected chi connectivity index (χ2v) is 3.83.